The summed E-state index contributed by atoms with van der Waals surface area (Å²) in [7, 11) is -1.84. The van der Waals surface area contributed by atoms with Gasteiger partial charge >= 0.3 is 0 Å². The number of pyridine rings is 1. The van der Waals surface area contributed by atoms with Gasteiger partial charge in [0.15, 0.2) is 0 Å². The topological polar surface area (TPSA) is 80.3 Å². The second kappa shape index (κ2) is 5.53. The number of anilines is 1. The lowest BCUT2D eigenvalue weighted by atomic mass is 10.4. The molecule has 1 aromatic heterocycles. The molecule has 0 aromatic carbocycles. The molecule has 0 aliphatic heterocycles. The van der Waals surface area contributed by atoms with E-state index in [0.717, 1.165) is 12.8 Å². The summed E-state index contributed by atoms with van der Waals surface area (Å²) in [4.78, 5) is 3.91. The lowest BCUT2D eigenvalue weighted by Crippen LogP contribution is -2.28. The van der Waals surface area contributed by atoms with Crippen LogP contribution in [0.5, 0.6) is 5.88 Å². The highest BCUT2D eigenvalue weighted by molar-refractivity contribution is 7.92. The van der Waals surface area contributed by atoms with Gasteiger partial charge in [0.2, 0.25) is 15.9 Å². The smallest absolute Gasteiger partial charge is 0.233 e. The van der Waals surface area contributed by atoms with Gasteiger partial charge in [-0.15, -0.1) is 0 Å². The van der Waals surface area contributed by atoms with E-state index in [1.165, 1.54) is 13.3 Å². The molecule has 18 heavy (non-hydrogen) atoms. The summed E-state index contributed by atoms with van der Waals surface area (Å²) in [5.41, 5.74) is 0.466. The van der Waals surface area contributed by atoms with Crippen LogP contribution in [0.25, 0.3) is 0 Å². The predicted octanol–water partition coefficient (Wildman–Crippen LogP) is 0.584. The highest BCUT2D eigenvalue weighted by Crippen LogP contribution is 2.18. The molecule has 0 atom stereocenters. The van der Waals surface area contributed by atoms with E-state index < -0.39 is 10.0 Å². The van der Waals surface area contributed by atoms with E-state index >= 15 is 0 Å². The van der Waals surface area contributed by atoms with Gasteiger partial charge in [-0.2, -0.15) is 0 Å². The maximum atomic E-state index is 11.8. The van der Waals surface area contributed by atoms with Crippen molar-refractivity contribution in [1.82, 2.24) is 10.3 Å². The van der Waals surface area contributed by atoms with Gasteiger partial charge in [-0.3, -0.25) is 4.72 Å². The van der Waals surface area contributed by atoms with Gasteiger partial charge in [-0.1, -0.05) is 0 Å². The van der Waals surface area contributed by atoms with E-state index in [4.69, 9.17) is 4.74 Å². The first kappa shape index (κ1) is 13.1. The highest BCUT2D eigenvalue weighted by atomic mass is 32.2. The van der Waals surface area contributed by atoms with E-state index in [0.29, 0.717) is 24.2 Å². The number of hydrogen-bond donors (Lipinski definition) is 2. The molecule has 0 bridgehead atoms. The summed E-state index contributed by atoms with van der Waals surface area (Å²) in [6.07, 6.45) is 3.79. The zero-order chi connectivity index (χ0) is 13.0. The maximum Gasteiger partial charge on any atom is 0.233 e. The van der Waals surface area contributed by atoms with Gasteiger partial charge in [-0.25, -0.2) is 13.4 Å². The third kappa shape index (κ3) is 4.15. The van der Waals surface area contributed by atoms with Crippen molar-refractivity contribution in [3.05, 3.63) is 18.3 Å². The molecule has 0 unspecified atom stereocenters. The first-order valence-corrected chi connectivity index (χ1v) is 7.48. The molecule has 1 fully saturated rings. The van der Waals surface area contributed by atoms with Crippen molar-refractivity contribution >= 4 is 15.7 Å². The number of rotatable bonds is 7. The van der Waals surface area contributed by atoms with Gasteiger partial charge in [-0.05, 0) is 18.9 Å². The molecule has 1 saturated carbocycles. The molecule has 100 valence electrons. The van der Waals surface area contributed by atoms with Crippen molar-refractivity contribution in [1.29, 1.82) is 0 Å². The van der Waals surface area contributed by atoms with Gasteiger partial charge < -0.3 is 10.1 Å². The summed E-state index contributed by atoms with van der Waals surface area (Å²) in [5.74, 6) is 0.444. The van der Waals surface area contributed by atoms with Crippen LogP contribution in [0, 0.1) is 0 Å². The van der Waals surface area contributed by atoms with E-state index in [1.807, 2.05) is 0 Å². The number of aromatic nitrogens is 1. The number of ether oxygens (including phenoxy) is 1. The Labute approximate surface area is 107 Å². The van der Waals surface area contributed by atoms with E-state index in [1.54, 1.807) is 12.1 Å². The Morgan fingerprint density at radius 2 is 2.28 bits per heavy atom. The molecule has 6 nitrogen and oxygen atoms in total. The minimum absolute atomic E-state index is 0.0636. The molecule has 0 radical (unpaired) electrons. The summed E-state index contributed by atoms with van der Waals surface area (Å²) in [5, 5.41) is 3.16. The second-order valence-corrected chi connectivity index (χ2v) is 6.08. The summed E-state index contributed by atoms with van der Waals surface area (Å²) < 4.78 is 31.0. The van der Waals surface area contributed by atoms with Gasteiger partial charge in [0, 0.05) is 24.8 Å². The molecule has 1 aliphatic rings. The minimum Gasteiger partial charge on any atom is -0.481 e. The fourth-order valence-electron chi connectivity index (χ4n) is 1.50. The molecule has 0 saturated heterocycles. The molecule has 2 N–H and O–H groups in total. The van der Waals surface area contributed by atoms with Crippen LogP contribution in [-0.4, -0.2) is 38.9 Å². The zero-order valence-corrected chi connectivity index (χ0v) is 11.0. The fourth-order valence-corrected chi connectivity index (χ4v) is 2.47. The van der Waals surface area contributed by atoms with Crippen LogP contribution in [0.3, 0.4) is 0 Å². The molecular formula is C11H17N3O3S. The maximum absolute atomic E-state index is 11.8. The Kier molecular flexibility index (Phi) is 4.03. The number of methoxy groups -OCH3 is 1. The van der Waals surface area contributed by atoms with Crippen molar-refractivity contribution in [3.8, 4) is 5.88 Å². The number of nitrogens with zero attached hydrogens (tertiary/aromatic N) is 1. The van der Waals surface area contributed by atoms with Crippen LogP contribution in [0.15, 0.2) is 18.3 Å². The fraction of sp³-hybridized carbons (Fsp3) is 0.545. The average Bonchev–Trinajstić information content (AvgIpc) is 3.12. The first-order valence-electron chi connectivity index (χ1n) is 5.83. The predicted molar refractivity (Wildman–Crippen MR) is 69.2 cm³/mol. The molecule has 1 aromatic rings. The largest absolute Gasteiger partial charge is 0.481 e. The Hall–Kier alpha value is -1.34. The first-order chi connectivity index (χ1) is 8.59. The molecular weight excluding hydrogens is 254 g/mol. The van der Waals surface area contributed by atoms with Crippen LogP contribution in [-0.2, 0) is 10.0 Å². The van der Waals surface area contributed by atoms with Crippen LogP contribution >= 0.6 is 0 Å². The number of sulfonamides is 1. The molecule has 0 spiro atoms. The van der Waals surface area contributed by atoms with Crippen molar-refractivity contribution in [2.45, 2.75) is 18.9 Å². The van der Waals surface area contributed by atoms with Gasteiger partial charge in [0.05, 0.1) is 18.6 Å². The Balaban J connectivity index is 1.88. The molecule has 0 amide bonds. The second-order valence-electron chi connectivity index (χ2n) is 4.24. The molecule has 1 aliphatic carbocycles. The van der Waals surface area contributed by atoms with Crippen LogP contribution in [0.1, 0.15) is 12.8 Å². The summed E-state index contributed by atoms with van der Waals surface area (Å²) in [6.45, 7) is 0.474. The minimum atomic E-state index is -3.32. The van der Waals surface area contributed by atoms with Gasteiger partial charge in [0.25, 0.3) is 0 Å². The summed E-state index contributed by atoms with van der Waals surface area (Å²) >= 11 is 0. The Morgan fingerprint density at radius 3 is 2.94 bits per heavy atom. The third-order valence-electron chi connectivity index (χ3n) is 2.60. The Morgan fingerprint density at radius 1 is 1.50 bits per heavy atom. The Bertz CT molecular complexity index is 500. The van der Waals surface area contributed by atoms with Crippen molar-refractivity contribution in [3.63, 3.8) is 0 Å². The monoisotopic (exact) mass is 271 g/mol. The van der Waals surface area contributed by atoms with Crippen molar-refractivity contribution in [2.75, 3.05) is 24.1 Å². The van der Waals surface area contributed by atoms with Crippen molar-refractivity contribution in [2.24, 2.45) is 0 Å². The van der Waals surface area contributed by atoms with Gasteiger partial charge in [0.1, 0.15) is 0 Å². The molecule has 1 heterocycles. The lowest BCUT2D eigenvalue weighted by molar-refractivity contribution is 0.398. The van der Waals surface area contributed by atoms with Crippen molar-refractivity contribution < 1.29 is 13.2 Å². The SMILES string of the molecule is COc1cc(NS(=O)(=O)CCNC2CC2)ccn1. The van der Waals surface area contributed by atoms with Crippen LogP contribution in [0.4, 0.5) is 5.69 Å². The third-order valence-corrected chi connectivity index (χ3v) is 3.89. The average molecular weight is 271 g/mol. The quantitative estimate of drug-likeness (QED) is 0.758. The van der Waals surface area contributed by atoms with E-state index in [-0.39, 0.29) is 5.75 Å². The number of nitrogens with one attached hydrogen (secondary N) is 2. The number of hydrogen-bond acceptors (Lipinski definition) is 5. The van der Waals surface area contributed by atoms with E-state index in [9.17, 15) is 8.42 Å². The standard InChI is InChI=1S/C11H17N3O3S/c1-17-11-8-10(4-5-13-11)14-18(15,16)7-6-12-9-2-3-9/h4-5,8-9,12H,2-3,6-7H2,1H3,(H,13,14). The highest BCUT2D eigenvalue weighted by Gasteiger charge is 2.21. The summed E-state index contributed by atoms with van der Waals surface area (Å²) in [6, 6.07) is 3.65. The van der Waals surface area contributed by atoms with Crippen LogP contribution in [0.2, 0.25) is 0 Å². The van der Waals surface area contributed by atoms with E-state index in [2.05, 4.69) is 15.0 Å². The molecule has 7 heteroatoms. The lowest BCUT2D eigenvalue weighted by Gasteiger charge is -2.09. The normalized spacial score (nSPS) is 15.4. The zero-order valence-electron chi connectivity index (χ0n) is 10.2. The van der Waals surface area contributed by atoms with Crippen LogP contribution < -0.4 is 14.8 Å². The molecule has 2 rings (SSSR count).